The summed E-state index contributed by atoms with van der Waals surface area (Å²) in [5, 5.41) is 4.16. The summed E-state index contributed by atoms with van der Waals surface area (Å²) in [5.41, 5.74) is 1.35. The zero-order chi connectivity index (χ0) is 13.2. The molecule has 1 N–H and O–H groups in total. The molecule has 2 atom stereocenters. The fraction of sp³-hybridized carbons (Fsp3) is 0.600. The lowest BCUT2D eigenvalue weighted by atomic mass is 10.2. The van der Waals surface area contributed by atoms with Crippen LogP contribution in [0.25, 0.3) is 0 Å². The van der Waals surface area contributed by atoms with Gasteiger partial charge in [0, 0.05) is 33.8 Å². The van der Waals surface area contributed by atoms with Crippen LogP contribution in [-0.4, -0.2) is 24.0 Å². The summed E-state index contributed by atoms with van der Waals surface area (Å²) in [4.78, 5) is 1.34. The van der Waals surface area contributed by atoms with Gasteiger partial charge in [-0.3, -0.25) is 0 Å². The van der Waals surface area contributed by atoms with Crippen LogP contribution >= 0.6 is 27.7 Å². The third-order valence-corrected chi connectivity index (χ3v) is 5.96. The van der Waals surface area contributed by atoms with Crippen LogP contribution < -0.4 is 5.32 Å². The maximum atomic E-state index is 5.62. The van der Waals surface area contributed by atoms with Crippen LogP contribution in [0.4, 0.5) is 0 Å². The average molecular weight is 342 g/mol. The van der Waals surface area contributed by atoms with Crippen molar-refractivity contribution in [1.82, 2.24) is 5.32 Å². The van der Waals surface area contributed by atoms with Crippen LogP contribution in [-0.2, 0) is 11.3 Å². The average Bonchev–Trinajstić information content (AvgIpc) is 3.13. The number of benzene rings is 1. The molecule has 0 aromatic heterocycles. The van der Waals surface area contributed by atoms with Crippen LogP contribution in [0.2, 0.25) is 0 Å². The minimum atomic E-state index is 0.375. The molecule has 0 spiro atoms. The van der Waals surface area contributed by atoms with Gasteiger partial charge in [-0.1, -0.05) is 22.0 Å². The summed E-state index contributed by atoms with van der Waals surface area (Å²) in [6.45, 7) is 4.05. The molecule has 0 radical (unpaired) electrons. The van der Waals surface area contributed by atoms with Crippen molar-refractivity contribution >= 4 is 27.7 Å². The molecule has 1 aliphatic heterocycles. The summed E-state index contributed by atoms with van der Waals surface area (Å²) in [6, 6.07) is 7.49. The Balaban J connectivity index is 1.61. The Labute approximate surface area is 127 Å². The topological polar surface area (TPSA) is 21.3 Å². The SMILES string of the molecule is CC1OCCC1Sc1ccc(CNC2CC2)c(Br)c1. The molecule has 4 heteroatoms. The van der Waals surface area contributed by atoms with Crippen molar-refractivity contribution < 1.29 is 4.74 Å². The number of halogens is 1. The van der Waals surface area contributed by atoms with Crippen molar-refractivity contribution in [1.29, 1.82) is 0 Å². The Morgan fingerprint density at radius 1 is 1.37 bits per heavy atom. The zero-order valence-electron chi connectivity index (χ0n) is 11.2. The second kappa shape index (κ2) is 6.17. The first-order valence-corrected chi connectivity index (χ1v) is 8.70. The van der Waals surface area contributed by atoms with Gasteiger partial charge in [0.05, 0.1) is 6.10 Å². The minimum Gasteiger partial charge on any atom is -0.377 e. The quantitative estimate of drug-likeness (QED) is 0.875. The Bertz CT molecular complexity index is 450. The highest BCUT2D eigenvalue weighted by Crippen LogP contribution is 2.34. The molecule has 0 amide bonds. The molecule has 1 aromatic carbocycles. The van der Waals surface area contributed by atoms with Crippen LogP contribution in [0.5, 0.6) is 0 Å². The molecule has 19 heavy (non-hydrogen) atoms. The lowest BCUT2D eigenvalue weighted by molar-refractivity contribution is 0.127. The van der Waals surface area contributed by atoms with Crippen LogP contribution in [0, 0.1) is 0 Å². The van der Waals surface area contributed by atoms with Gasteiger partial charge in [0.2, 0.25) is 0 Å². The Hall–Kier alpha value is -0.0300. The number of nitrogens with one attached hydrogen (secondary N) is 1. The largest absolute Gasteiger partial charge is 0.377 e. The van der Waals surface area contributed by atoms with E-state index < -0.39 is 0 Å². The van der Waals surface area contributed by atoms with E-state index >= 15 is 0 Å². The molecule has 1 heterocycles. The van der Waals surface area contributed by atoms with Crippen LogP contribution in [0.3, 0.4) is 0 Å². The van der Waals surface area contributed by atoms with Crippen molar-refractivity contribution in [2.75, 3.05) is 6.61 Å². The van der Waals surface area contributed by atoms with Crippen molar-refractivity contribution in [3.63, 3.8) is 0 Å². The molecule has 1 aromatic rings. The molecule has 2 aliphatic rings. The van der Waals surface area contributed by atoms with E-state index in [1.807, 2.05) is 11.8 Å². The highest BCUT2D eigenvalue weighted by molar-refractivity contribution is 9.10. The van der Waals surface area contributed by atoms with Crippen molar-refractivity contribution in [2.24, 2.45) is 0 Å². The molecular weight excluding hydrogens is 322 g/mol. The van der Waals surface area contributed by atoms with Crippen molar-refractivity contribution in [3.05, 3.63) is 28.2 Å². The number of rotatable bonds is 5. The van der Waals surface area contributed by atoms with Crippen LogP contribution in [0.1, 0.15) is 31.7 Å². The molecule has 3 rings (SSSR count). The molecule has 104 valence electrons. The summed E-state index contributed by atoms with van der Waals surface area (Å²) in [5.74, 6) is 0. The van der Waals surface area contributed by atoms with E-state index in [9.17, 15) is 0 Å². The smallest absolute Gasteiger partial charge is 0.0669 e. The maximum absolute atomic E-state index is 5.62. The van der Waals surface area contributed by atoms with Gasteiger partial charge in [0.25, 0.3) is 0 Å². The molecule has 2 unspecified atom stereocenters. The Morgan fingerprint density at radius 2 is 2.21 bits per heavy atom. The number of hydrogen-bond donors (Lipinski definition) is 1. The number of hydrogen-bond acceptors (Lipinski definition) is 3. The summed E-state index contributed by atoms with van der Waals surface area (Å²) < 4.78 is 6.84. The van der Waals surface area contributed by atoms with Gasteiger partial charge < -0.3 is 10.1 Å². The third kappa shape index (κ3) is 3.75. The second-order valence-electron chi connectivity index (χ2n) is 5.43. The molecule has 2 nitrogen and oxygen atoms in total. The molecule has 1 aliphatic carbocycles. The third-order valence-electron chi connectivity index (χ3n) is 3.78. The lowest BCUT2D eigenvalue weighted by Gasteiger charge is -2.14. The minimum absolute atomic E-state index is 0.375. The second-order valence-corrected chi connectivity index (χ2v) is 7.60. The molecule has 0 bridgehead atoms. The first-order valence-electron chi connectivity index (χ1n) is 7.02. The van der Waals surface area contributed by atoms with E-state index in [1.165, 1.54) is 27.8 Å². The first kappa shape index (κ1) is 13.9. The highest BCUT2D eigenvalue weighted by atomic mass is 79.9. The van der Waals surface area contributed by atoms with Gasteiger partial charge in [-0.25, -0.2) is 0 Å². The zero-order valence-corrected chi connectivity index (χ0v) is 13.6. The van der Waals surface area contributed by atoms with Crippen molar-refractivity contribution in [3.8, 4) is 0 Å². The molecule has 2 fully saturated rings. The van der Waals surface area contributed by atoms with Gasteiger partial charge in [-0.05, 0) is 43.9 Å². The van der Waals surface area contributed by atoms with Gasteiger partial charge >= 0.3 is 0 Å². The normalized spacial score (nSPS) is 26.8. The highest BCUT2D eigenvalue weighted by Gasteiger charge is 2.25. The monoisotopic (exact) mass is 341 g/mol. The van der Waals surface area contributed by atoms with E-state index in [4.69, 9.17) is 4.74 Å². The summed E-state index contributed by atoms with van der Waals surface area (Å²) >= 11 is 5.64. The maximum Gasteiger partial charge on any atom is 0.0669 e. The fourth-order valence-electron chi connectivity index (χ4n) is 2.33. The first-order chi connectivity index (χ1) is 9.22. The van der Waals surface area contributed by atoms with Crippen molar-refractivity contribution in [2.45, 2.75) is 55.0 Å². The molecule has 1 saturated carbocycles. The van der Waals surface area contributed by atoms with Crippen LogP contribution in [0.15, 0.2) is 27.6 Å². The van der Waals surface area contributed by atoms with Gasteiger partial charge in [-0.15, -0.1) is 11.8 Å². The predicted molar refractivity (Wildman–Crippen MR) is 83.7 cm³/mol. The van der Waals surface area contributed by atoms with E-state index in [0.29, 0.717) is 11.4 Å². The van der Waals surface area contributed by atoms with E-state index in [-0.39, 0.29) is 0 Å². The summed E-state index contributed by atoms with van der Waals surface area (Å²) in [7, 11) is 0. The van der Waals surface area contributed by atoms with Gasteiger partial charge in [0.1, 0.15) is 0 Å². The van der Waals surface area contributed by atoms with Gasteiger partial charge in [0.15, 0.2) is 0 Å². The molecular formula is C15H20BrNOS. The molecule has 1 saturated heterocycles. The summed E-state index contributed by atoms with van der Waals surface area (Å²) in [6.07, 6.45) is 4.21. The standard InChI is InChI=1S/C15H20BrNOS/c1-10-15(6-7-18-10)19-13-5-2-11(14(16)8-13)9-17-12-3-4-12/h2,5,8,10,12,15,17H,3-4,6-7,9H2,1H3. The van der Waals surface area contributed by atoms with Gasteiger partial charge in [-0.2, -0.15) is 0 Å². The Morgan fingerprint density at radius 3 is 2.84 bits per heavy atom. The number of thioether (sulfide) groups is 1. The fourth-order valence-corrected chi connectivity index (χ4v) is 4.16. The predicted octanol–water partition coefficient (Wildman–Crippen LogP) is 3.97. The lowest BCUT2D eigenvalue weighted by Crippen LogP contribution is -2.15. The van der Waals surface area contributed by atoms with E-state index in [0.717, 1.165) is 25.6 Å². The van der Waals surface area contributed by atoms with E-state index in [2.05, 4.69) is 46.4 Å². The number of ether oxygens (including phenoxy) is 1. The Kier molecular flexibility index (Phi) is 4.52. The van der Waals surface area contributed by atoms with E-state index in [1.54, 1.807) is 0 Å².